The highest BCUT2D eigenvalue weighted by molar-refractivity contribution is 6.18. The van der Waals surface area contributed by atoms with Gasteiger partial charge < -0.3 is 10.2 Å². The second-order valence-electron chi connectivity index (χ2n) is 5.77. The van der Waals surface area contributed by atoms with E-state index in [2.05, 4.69) is 15.5 Å². The van der Waals surface area contributed by atoms with Crippen LogP contribution in [0.1, 0.15) is 18.9 Å². The van der Waals surface area contributed by atoms with Gasteiger partial charge in [-0.25, -0.2) is 4.79 Å². The van der Waals surface area contributed by atoms with Crippen molar-refractivity contribution in [3.05, 3.63) is 29.8 Å². The lowest BCUT2D eigenvalue weighted by molar-refractivity contribution is -0.123. The van der Waals surface area contributed by atoms with Crippen LogP contribution in [-0.2, 0) is 11.2 Å². The largest absolute Gasteiger partial charge is 0.369 e. The minimum absolute atomic E-state index is 0.269. The number of benzene rings is 1. The summed E-state index contributed by atoms with van der Waals surface area (Å²) < 4.78 is 0. The molecule has 1 fully saturated rings. The van der Waals surface area contributed by atoms with E-state index < -0.39 is 11.6 Å². The lowest BCUT2D eigenvalue weighted by atomic mass is 9.93. The SMILES string of the molecule is C[C@]1(CCc2ccc(N(CCCl)CCCl)cc2)NC(=O)NC1=O. The summed E-state index contributed by atoms with van der Waals surface area (Å²) in [6, 6.07) is 7.70. The predicted octanol–water partition coefficient (Wildman–Crippen LogP) is 2.50. The molecule has 7 heteroatoms. The van der Waals surface area contributed by atoms with Crippen molar-refractivity contribution in [2.24, 2.45) is 0 Å². The van der Waals surface area contributed by atoms with Crippen LogP contribution in [-0.4, -0.2) is 42.3 Å². The lowest BCUT2D eigenvalue weighted by Crippen LogP contribution is -2.43. The molecule has 1 saturated heterocycles. The third-order valence-corrected chi connectivity index (χ3v) is 4.38. The van der Waals surface area contributed by atoms with Crippen molar-refractivity contribution in [1.29, 1.82) is 0 Å². The molecule has 5 nitrogen and oxygen atoms in total. The Balaban J connectivity index is 1.97. The van der Waals surface area contributed by atoms with Gasteiger partial charge in [-0.05, 0) is 37.5 Å². The van der Waals surface area contributed by atoms with Crippen LogP contribution < -0.4 is 15.5 Å². The van der Waals surface area contributed by atoms with Gasteiger partial charge in [0.1, 0.15) is 5.54 Å². The Morgan fingerprint density at radius 3 is 2.17 bits per heavy atom. The molecule has 1 aliphatic heterocycles. The average Bonchev–Trinajstić information content (AvgIpc) is 2.78. The molecule has 1 heterocycles. The molecule has 0 unspecified atom stereocenters. The summed E-state index contributed by atoms with van der Waals surface area (Å²) in [5.41, 5.74) is 1.35. The van der Waals surface area contributed by atoms with Crippen LogP contribution in [0.5, 0.6) is 0 Å². The van der Waals surface area contributed by atoms with Gasteiger partial charge >= 0.3 is 6.03 Å². The van der Waals surface area contributed by atoms with Crippen LogP contribution in [0.25, 0.3) is 0 Å². The van der Waals surface area contributed by atoms with Gasteiger partial charge in [0.25, 0.3) is 5.91 Å². The number of carbonyl (C=O) groups is 2. The zero-order valence-corrected chi connectivity index (χ0v) is 14.6. The number of nitrogens with zero attached hydrogens (tertiary/aromatic N) is 1. The molecule has 1 aromatic rings. The van der Waals surface area contributed by atoms with E-state index in [-0.39, 0.29) is 5.91 Å². The molecular weight excluding hydrogens is 337 g/mol. The van der Waals surface area contributed by atoms with E-state index in [0.29, 0.717) is 24.6 Å². The van der Waals surface area contributed by atoms with E-state index in [9.17, 15) is 9.59 Å². The number of aryl methyl sites for hydroxylation is 1. The van der Waals surface area contributed by atoms with Crippen LogP contribution in [0.2, 0.25) is 0 Å². The van der Waals surface area contributed by atoms with Crippen molar-refractivity contribution in [2.45, 2.75) is 25.3 Å². The van der Waals surface area contributed by atoms with E-state index in [0.717, 1.165) is 24.3 Å². The van der Waals surface area contributed by atoms with Crippen LogP contribution in [0.15, 0.2) is 24.3 Å². The molecule has 1 aromatic carbocycles. The number of halogens is 2. The Morgan fingerprint density at radius 1 is 1.09 bits per heavy atom. The number of anilines is 1. The average molecular weight is 358 g/mol. The van der Waals surface area contributed by atoms with E-state index in [1.807, 2.05) is 24.3 Å². The topological polar surface area (TPSA) is 61.4 Å². The van der Waals surface area contributed by atoms with Crippen LogP contribution in [0.4, 0.5) is 10.5 Å². The number of imide groups is 1. The molecule has 0 radical (unpaired) electrons. The third kappa shape index (κ3) is 4.52. The predicted molar refractivity (Wildman–Crippen MR) is 93.5 cm³/mol. The molecule has 2 N–H and O–H groups in total. The van der Waals surface area contributed by atoms with E-state index in [1.165, 1.54) is 0 Å². The number of alkyl halides is 2. The molecule has 1 atom stereocenters. The summed E-state index contributed by atoms with van der Waals surface area (Å²) in [5, 5.41) is 4.95. The normalized spacial score (nSPS) is 20.3. The first-order valence-electron chi connectivity index (χ1n) is 7.58. The summed E-state index contributed by atoms with van der Waals surface area (Å²) in [5.74, 6) is 0.826. The molecule has 2 rings (SSSR count). The lowest BCUT2D eigenvalue weighted by Gasteiger charge is -2.23. The summed E-state index contributed by atoms with van der Waals surface area (Å²) in [6.07, 6.45) is 1.26. The molecule has 0 bridgehead atoms. The van der Waals surface area contributed by atoms with Crippen LogP contribution >= 0.6 is 23.2 Å². The smallest absolute Gasteiger partial charge is 0.322 e. The monoisotopic (exact) mass is 357 g/mol. The molecule has 0 aliphatic carbocycles. The number of nitrogens with one attached hydrogen (secondary N) is 2. The quantitative estimate of drug-likeness (QED) is 0.555. The summed E-state index contributed by atoms with van der Waals surface area (Å²) in [4.78, 5) is 25.2. The van der Waals surface area contributed by atoms with Crippen molar-refractivity contribution >= 4 is 40.8 Å². The number of hydrogen-bond acceptors (Lipinski definition) is 3. The summed E-state index contributed by atoms with van der Waals surface area (Å²) in [6.45, 7) is 3.24. The molecule has 23 heavy (non-hydrogen) atoms. The molecule has 1 aliphatic rings. The van der Waals surface area contributed by atoms with Crippen molar-refractivity contribution in [3.63, 3.8) is 0 Å². The maximum absolute atomic E-state index is 11.8. The van der Waals surface area contributed by atoms with Gasteiger partial charge in [-0.3, -0.25) is 10.1 Å². The van der Waals surface area contributed by atoms with Gasteiger partial charge in [-0.1, -0.05) is 12.1 Å². The van der Waals surface area contributed by atoms with Gasteiger partial charge in [0, 0.05) is 30.5 Å². The number of urea groups is 1. The number of rotatable bonds is 8. The first kappa shape index (κ1) is 17.9. The van der Waals surface area contributed by atoms with Crippen molar-refractivity contribution in [3.8, 4) is 0 Å². The fraction of sp³-hybridized carbons (Fsp3) is 0.500. The Bertz CT molecular complexity index is 559. The second-order valence-corrected chi connectivity index (χ2v) is 6.53. The fourth-order valence-electron chi connectivity index (χ4n) is 2.60. The molecule has 0 aromatic heterocycles. The standard InChI is InChI=1S/C16H21Cl2N3O2/c1-16(14(22)19-15(23)20-16)7-6-12-2-4-13(5-3-12)21(10-8-17)11-9-18/h2-5H,6-11H2,1H3,(H2,19,20,22,23)/t16-/m1/s1. The van der Waals surface area contributed by atoms with Crippen molar-refractivity contribution in [1.82, 2.24) is 10.6 Å². The molecular formula is C16H21Cl2N3O2. The minimum Gasteiger partial charge on any atom is -0.369 e. The maximum Gasteiger partial charge on any atom is 0.322 e. The Hall–Kier alpha value is -1.46. The van der Waals surface area contributed by atoms with Gasteiger partial charge in [0.15, 0.2) is 0 Å². The Kier molecular flexibility index (Phi) is 6.13. The zero-order chi connectivity index (χ0) is 16.9. The molecule has 0 spiro atoms. The van der Waals surface area contributed by atoms with E-state index in [4.69, 9.17) is 23.2 Å². The number of hydrogen-bond donors (Lipinski definition) is 2. The fourth-order valence-corrected chi connectivity index (χ4v) is 3.01. The first-order chi connectivity index (χ1) is 11.0. The van der Waals surface area contributed by atoms with E-state index in [1.54, 1.807) is 6.92 Å². The van der Waals surface area contributed by atoms with Crippen LogP contribution in [0.3, 0.4) is 0 Å². The molecule has 0 saturated carbocycles. The Labute approximate surface area is 146 Å². The van der Waals surface area contributed by atoms with Crippen LogP contribution in [0, 0.1) is 0 Å². The molecule has 3 amide bonds. The van der Waals surface area contributed by atoms with Gasteiger partial charge in [-0.2, -0.15) is 0 Å². The second kappa shape index (κ2) is 7.88. The van der Waals surface area contributed by atoms with Gasteiger partial charge in [0.2, 0.25) is 0 Å². The number of carbonyl (C=O) groups excluding carboxylic acids is 2. The highest BCUT2D eigenvalue weighted by Crippen LogP contribution is 2.20. The van der Waals surface area contributed by atoms with Gasteiger partial charge in [-0.15, -0.1) is 23.2 Å². The first-order valence-corrected chi connectivity index (χ1v) is 8.65. The Morgan fingerprint density at radius 2 is 1.70 bits per heavy atom. The maximum atomic E-state index is 11.8. The number of amides is 3. The highest BCUT2D eigenvalue weighted by Gasteiger charge is 2.41. The highest BCUT2D eigenvalue weighted by atomic mass is 35.5. The van der Waals surface area contributed by atoms with Gasteiger partial charge in [0.05, 0.1) is 0 Å². The van der Waals surface area contributed by atoms with Crippen molar-refractivity contribution in [2.75, 3.05) is 29.7 Å². The summed E-state index contributed by atoms with van der Waals surface area (Å²) >= 11 is 11.6. The minimum atomic E-state index is -0.834. The third-order valence-electron chi connectivity index (χ3n) is 4.04. The summed E-state index contributed by atoms with van der Waals surface area (Å²) in [7, 11) is 0. The molecule has 126 valence electrons. The zero-order valence-electron chi connectivity index (χ0n) is 13.1. The van der Waals surface area contributed by atoms with E-state index >= 15 is 0 Å². The van der Waals surface area contributed by atoms with Crippen molar-refractivity contribution < 1.29 is 9.59 Å².